The molecule has 1 aliphatic heterocycles. The van der Waals surface area contributed by atoms with Gasteiger partial charge in [-0.25, -0.2) is 9.97 Å². The molecule has 1 saturated heterocycles. The molecule has 9 heteroatoms. The van der Waals surface area contributed by atoms with Gasteiger partial charge < -0.3 is 15.2 Å². The van der Waals surface area contributed by atoms with Crippen LogP contribution < -0.4 is 5.73 Å². The van der Waals surface area contributed by atoms with Gasteiger partial charge >= 0.3 is 0 Å². The number of carbonyl (C=O) groups excluding carboxylic acids is 2. The number of likely N-dealkylation sites (tertiary alicyclic amines) is 1. The highest BCUT2D eigenvalue weighted by molar-refractivity contribution is 5.94. The first-order valence-corrected chi connectivity index (χ1v) is 10.5. The second-order valence-electron chi connectivity index (χ2n) is 7.71. The van der Waals surface area contributed by atoms with Crippen LogP contribution in [0.15, 0.2) is 17.0 Å². The number of aromatic nitrogens is 3. The summed E-state index contributed by atoms with van der Waals surface area (Å²) >= 11 is 0. The van der Waals surface area contributed by atoms with E-state index in [1.807, 2.05) is 11.8 Å². The van der Waals surface area contributed by atoms with Crippen molar-refractivity contribution in [2.24, 2.45) is 11.7 Å². The second-order valence-corrected chi connectivity index (χ2v) is 7.71. The molecule has 30 heavy (non-hydrogen) atoms. The van der Waals surface area contributed by atoms with Gasteiger partial charge in [-0.2, -0.15) is 0 Å². The summed E-state index contributed by atoms with van der Waals surface area (Å²) in [5, 5.41) is 4.07. The first-order chi connectivity index (χ1) is 14.4. The van der Waals surface area contributed by atoms with Crippen molar-refractivity contribution in [1.29, 1.82) is 0 Å². The van der Waals surface area contributed by atoms with Crippen LogP contribution in [0.2, 0.25) is 0 Å². The molecule has 2 aromatic rings. The molecule has 1 aliphatic rings. The number of aryl methyl sites for hydroxylation is 1. The number of hydrogen-bond donors (Lipinski definition) is 1. The smallest absolute Gasteiger partial charge is 0.276 e. The summed E-state index contributed by atoms with van der Waals surface area (Å²) in [7, 11) is 0. The van der Waals surface area contributed by atoms with E-state index in [2.05, 4.69) is 33.9 Å². The van der Waals surface area contributed by atoms with Gasteiger partial charge in [0.25, 0.3) is 11.8 Å². The third-order valence-corrected chi connectivity index (χ3v) is 5.91. The Morgan fingerprint density at radius 2 is 1.97 bits per heavy atom. The fraction of sp³-hybridized carbons (Fsp3) is 0.571. The van der Waals surface area contributed by atoms with Crippen LogP contribution in [0.25, 0.3) is 0 Å². The largest absolute Gasteiger partial charge is 0.365 e. The van der Waals surface area contributed by atoms with E-state index in [9.17, 15) is 9.59 Å². The standard InChI is InChI=1S/C21H30N6O3/c1-4-26(5-2)12-17-14(3)30-25-19(17)21(29)27-8-6-15(7-9-27)10-18-16(20(22)28)11-23-13-24-18/h11,13,15H,4-10,12H2,1-3H3,(H2,22,28). The third-order valence-electron chi connectivity index (χ3n) is 5.91. The summed E-state index contributed by atoms with van der Waals surface area (Å²) in [6.45, 7) is 9.78. The molecule has 3 heterocycles. The van der Waals surface area contributed by atoms with Crippen LogP contribution in [-0.4, -0.2) is 62.9 Å². The Morgan fingerprint density at radius 1 is 1.27 bits per heavy atom. The van der Waals surface area contributed by atoms with Crippen LogP contribution in [-0.2, 0) is 13.0 Å². The van der Waals surface area contributed by atoms with Crippen LogP contribution in [0.5, 0.6) is 0 Å². The molecule has 0 radical (unpaired) electrons. The molecular weight excluding hydrogens is 384 g/mol. The maximum atomic E-state index is 13.1. The average Bonchev–Trinajstić information content (AvgIpc) is 3.12. The number of carbonyl (C=O) groups is 2. The summed E-state index contributed by atoms with van der Waals surface area (Å²) in [6.07, 6.45) is 5.21. The lowest BCUT2D eigenvalue weighted by Crippen LogP contribution is -2.40. The minimum absolute atomic E-state index is 0.0766. The van der Waals surface area contributed by atoms with E-state index in [1.54, 1.807) is 0 Å². The van der Waals surface area contributed by atoms with E-state index >= 15 is 0 Å². The van der Waals surface area contributed by atoms with E-state index in [-0.39, 0.29) is 5.91 Å². The monoisotopic (exact) mass is 414 g/mol. The predicted octanol–water partition coefficient (Wildman–Crippen LogP) is 1.81. The van der Waals surface area contributed by atoms with Crippen LogP contribution in [0, 0.1) is 12.8 Å². The van der Waals surface area contributed by atoms with Gasteiger partial charge in [0.1, 0.15) is 12.1 Å². The Bertz CT molecular complexity index is 885. The van der Waals surface area contributed by atoms with Crippen molar-refractivity contribution in [3.8, 4) is 0 Å². The van der Waals surface area contributed by atoms with E-state index < -0.39 is 5.91 Å². The van der Waals surface area contributed by atoms with Gasteiger partial charge in [-0.15, -0.1) is 0 Å². The predicted molar refractivity (Wildman–Crippen MR) is 111 cm³/mol. The lowest BCUT2D eigenvalue weighted by molar-refractivity contribution is 0.0678. The highest BCUT2D eigenvalue weighted by Crippen LogP contribution is 2.25. The number of amides is 2. The fourth-order valence-corrected chi connectivity index (χ4v) is 3.90. The molecule has 162 valence electrons. The van der Waals surface area contributed by atoms with Crippen molar-refractivity contribution in [1.82, 2.24) is 24.9 Å². The molecular formula is C21H30N6O3. The zero-order valence-corrected chi connectivity index (χ0v) is 17.9. The quantitative estimate of drug-likeness (QED) is 0.700. The first kappa shape index (κ1) is 21.9. The van der Waals surface area contributed by atoms with Gasteiger partial charge in [0.05, 0.1) is 11.3 Å². The fourth-order valence-electron chi connectivity index (χ4n) is 3.90. The molecule has 0 unspecified atom stereocenters. The summed E-state index contributed by atoms with van der Waals surface area (Å²) in [5.41, 5.74) is 7.77. The van der Waals surface area contributed by atoms with Crippen molar-refractivity contribution < 1.29 is 14.1 Å². The normalized spacial score (nSPS) is 15.0. The Hall–Kier alpha value is -2.81. The van der Waals surface area contributed by atoms with Gasteiger partial charge in [0, 0.05) is 31.4 Å². The van der Waals surface area contributed by atoms with Crippen molar-refractivity contribution in [2.45, 2.75) is 46.6 Å². The van der Waals surface area contributed by atoms with E-state index in [4.69, 9.17) is 10.3 Å². The number of piperidine rings is 1. The van der Waals surface area contributed by atoms with Gasteiger partial charge in [-0.1, -0.05) is 19.0 Å². The van der Waals surface area contributed by atoms with Gasteiger partial charge in [-0.05, 0) is 45.2 Å². The first-order valence-electron chi connectivity index (χ1n) is 10.5. The molecule has 2 amide bonds. The molecule has 1 fully saturated rings. The Balaban J connectivity index is 1.63. The van der Waals surface area contributed by atoms with Crippen molar-refractivity contribution in [2.75, 3.05) is 26.2 Å². The number of nitrogens with zero attached hydrogens (tertiary/aromatic N) is 5. The SMILES string of the molecule is CCN(CC)Cc1c(C(=O)N2CCC(Cc3ncncc3C(N)=O)CC2)noc1C. The van der Waals surface area contributed by atoms with E-state index in [0.717, 1.165) is 31.5 Å². The number of rotatable bonds is 8. The lowest BCUT2D eigenvalue weighted by Gasteiger charge is -2.31. The van der Waals surface area contributed by atoms with Gasteiger partial charge in [0.15, 0.2) is 5.69 Å². The van der Waals surface area contributed by atoms with Crippen molar-refractivity contribution >= 4 is 11.8 Å². The van der Waals surface area contributed by atoms with Gasteiger partial charge in [-0.3, -0.25) is 14.5 Å². The zero-order valence-electron chi connectivity index (χ0n) is 17.9. The second kappa shape index (κ2) is 9.80. The summed E-state index contributed by atoms with van der Waals surface area (Å²) < 4.78 is 5.35. The lowest BCUT2D eigenvalue weighted by atomic mass is 9.90. The summed E-state index contributed by atoms with van der Waals surface area (Å²) in [4.78, 5) is 36.9. The van der Waals surface area contributed by atoms with Crippen LogP contribution >= 0.6 is 0 Å². The highest BCUT2D eigenvalue weighted by atomic mass is 16.5. The molecule has 9 nitrogen and oxygen atoms in total. The van der Waals surface area contributed by atoms with Crippen LogP contribution in [0.1, 0.15) is 64.6 Å². The maximum Gasteiger partial charge on any atom is 0.276 e. The van der Waals surface area contributed by atoms with Crippen LogP contribution in [0.4, 0.5) is 0 Å². The highest BCUT2D eigenvalue weighted by Gasteiger charge is 2.29. The molecule has 0 aromatic carbocycles. The molecule has 2 N–H and O–H groups in total. The minimum atomic E-state index is -0.514. The topological polar surface area (TPSA) is 118 Å². The molecule has 0 aliphatic carbocycles. The summed E-state index contributed by atoms with van der Waals surface area (Å²) in [6, 6.07) is 0. The van der Waals surface area contributed by atoms with Crippen LogP contribution in [0.3, 0.4) is 0 Å². The van der Waals surface area contributed by atoms with Crippen molar-refractivity contribution in [3.63, 3.8) is 0 Å². The van der Waals surface area contributed by atoms with E-state index in [1.165, 1.54) is 12.5 Å². The van der Waals surface area contributed by atoms with Gasteiger partial charge in [0.2, 0.25) is 0 Å². The average molecular weight is 415 g/mol. The molecule has 2 aromatic heterocycles. The number of primary amides is 1. The zero-order chi connectivity index (χ0) is 21.7. The third kappa shape index (κ3) is 4.84. The molecule has 0 saturated carbocycles. The molecule has 0 bridgehead atoms. The summed E-state index contributed by atoms with van der Waals surface area (Å²) in [5.74, 6) is 0.437. The maximum absolute atomic E-state index is 13.1. The number of hydrogen-bond acceptors (Lipinski definition) is 7. The minimum Gasteiger partial charge on any atom is -0.365 e. The Labute approximate surface area is 176 Å². The molecule has 0 spiro atoms. The molecule has 3 rings (SSSR count). The molecule has 0 atom stereocenters. The number of nitrogens with two attached hydrogens (primary N) is 1. The Kier molecular flexibility index (Phi) is 7.15. The Morgan fingerprint density at radius 3 is 2.60 bits per heavy atom. The van der Waals surface area contributed by atoms with E-state index in [0.29, 0.717) is 54.7 Å². The van der Waals surface area contributed by atoms with Crippen molar-refractivity contribution in [3.05, 3.63) is 40.8 Å².